The highest BCUT2D eigenvalue weighted by Crippen LogP contribution is 2.66. The Hall–Kier alpha value is -3.07. The van der Waals surface area contributed by atoms with Crippen LogP contribution in [-0.2, 0) is 16.0 Å². The zero-order valence-electron chi connectivity index (χ0n) is 25.4. The van der Waals surface area contributed by atoms with E-state index in [1.165, 1.54) is 0 Å². The number of benzene rings is 2. The summed E-state index contributed by atoms with van der Waals surface area (Å²) < 4.78 is 0. The van der Waals surface area contributed by atoms with Crippen molar-refractivity contribution >= 4 is 17.5 Å². The van der Waals surface area contributed by atoms with Crippen molar-refractivity contribution < 1.29 is 34.8 Å². The SMILES string of the molecule is Cc1ccc(-c2cc(C(C)C)c3c(c2O)C(=O)[C@@H]2C(O)[C@@]4(O)C(=O)[C@H](C(N)=O)C(O)[C@H](C(C)C)[C@@]4(C)C[C@@]2(C)C3)cc1. The fraction of sp³-hybridized carbons (Fsp3) is 0.559. The van der Waals surface area contributed by atoms with Crippen LogP contribution in [0.15, 0.2) is 30.3 Å². The van der Waals surface area contributed by atoms with E-state index in [0.29, 0.717) is 17.5 Å². The van der Waals surface area contributed by atoms with E-state index in [2.05, 4.69) is 0 Å². The summed E-state index contributed by atoms with van der Waals surface area (Å²) in [5.41, 5.74) is 4.70. The zero-order valence-corrected chi connectivity index (χ0v) is 25.4. The first-order valence-corrected chi connectivity index (χ1v) is 14.8. The summed E-state index contributed by atoms with van der Waals surface area (Å²) in [6.07, 6.45) is -2.91. The lowest BCUT2D eigenvalue weighted by Gasteiger charge is -2.66. The Labute approximate surface area is 247 Å². The van der Waals surface area contributed by atoms with Crippen molar-refractivity contribution in [3.05, 3.63) is 52.6 Å². The lowest BCUT2D eigenvalue weighted by molar-refractivity contribution is -0.265. The highest BCUT2D eigenvalue weighted by molar-refractivity contribution is 6.10. The molecule has 2 saturated carbocycles. The summed E-state index contributed by atoms with van der Waals surface area (Å²) in [6.45, 7) is 13.2. The largest absolute Gasteiger partial charge is 0.507 e. The maximum Gasteiger partial charge on any atom is 0.230 e. The summed E-state index contributed by atoms with van der Waals surface area (Å²) >= 11 is 0. The van der Waals surface area contributed by atoms with Gasteiger partial charge in [0.05, 0.1) is 17.6 Å². The molecule has 8 atom stereocenters. The Morgan fingerprint density at radius 3 is 2.17 bits per heavy atom. The fourth-order valence-corrected chi connectivity index (χ4v) is 9.10. The number of aliphatic hydroxyl groups is 3. The molecule has 0 bridgehead atoms. The fourth-order valence-electron chi connectivity index (χ4n) is 9.10. The van der Waals surface area contributed by atoms with E-state index in [9.17, 15) is 34.8 Å². The van der Waals surface area contributed by atoms with E-state index in [1.54, 1.807) is 6.92 Å². The number of amides is 1. The summed E-state index contributed by atoms with van der Waals surface area (Å²) in [6, 6.07) is 9.54. The van der Waals surface area contributed by atoms with E-state index in [-0.39, 0.29) is 29.6 Å². The van der Waals surface area contributed by atoms with Crippen molar-refractivity contribution in [3.63, 3.8) is 0 Å². The molecule has 2 fully saturated rings. The predicted molar refractivity (Wildman–Crippen MR) is 158 cm³/mol. The van der Waals surface area contributed by atoms with Gasteiger partial charge in [0.2, 0.25) is 5.91 Å². The Bertz CT molecular complexity index is 1480. The molecule has 8 nitrogen and oxygen atoms in total. The number of carbonyl (C=O) groups is 3. The van der Waals surface area contributed by atoms with Gasteiger partial charge in [-0.2, -0.15) is 0 Å². The number of Topliss-reactive ketones (excluding diaryl/α,β-unsaturated/α-hetero) is 2. The third kappa shape index (κ3) is 3.87. The molecule has 1 amide bonds. The Morgan fingerprint density at radius 1 is 1.05 bits per heavy atom. The van der Waals surface area contributed by atoms with Gasteiger partial charge in [-0.25, -0.2) is 0 Å². The van der Waals surface area contributed by atoms with E-state index in [1.807, 2.05) is 71.9 Å². The number of aryl methyl sites for hydroxylation is 1. The van der Waals surface area contributed by atoms with Crippen molar-refractivity contribution in [2.24, 2.45) is 40.2 Å². The first-order chi connectivity index (χ1) is 19.4. The molecule has 0 saturated heterocycles. The normalized spacial score (nSPS) is 36.0. The van der Waals surface area contributed by atoms with Crippen LogP contribution in [0.3, 0.4) is 0 Å². The molecule has 6 N–H and O–H groups in total. The van der Waals surface area contributed by atoms with Gasteiger partial charge >= 0.3 is 0 Å². The summed E-state index contributed by atoms with van der Waals surface area (Å²) in [5.74, 6) is -6.93. The average molecular weight is 578 g/mol. The van der Waals surface area contributed by atoms with Crippen LogP contribution in [0, 0.1) is 41.4 Å². The van der Waals surface area contributed by atoms with Crippen molar-refractivity contribution in [3.8, 4) is 16.9 Å². The van der Waals surface area contributed by atoms with Crippen LogP contribution >= 0.6 is 0 Å². The third-order valence-electron chi connectivity index (χ3n) is 10.8. The van der Waals surface area contributed by atoms with E-state index < -0.39 is 63.9 Å². The summed E-state index contributed by atoms with van der Waals surface area (Å²) in [4.78, 5) is 40.9. The number of phenolic OH excluding ortho intramolecular Hbond substituents is 1. The molecule has 0 spiro atoms. The van der Waals surface area contributed by atoms with Crippen LogP contribution < -0.4 is 5.73 Å². The number of rotatable bonds is 4. The van der Waals surface area contributed by atoms with Gasteiger partial charge in [0, 0.05) is 11.0 Å². The van der Waals surface area contributed by atoms with Gasteiger partial charge < -0.3 is 26.2 Å². The van der Waals surface area contributed by atoms with Crippen LogP contribution in [0.25, 0.3) is 11.1 Å². The molecule has 0 radical (unpaired) electrons. The topological polar surface area (TPSA) is 158 Å². The maximum atomic E-state index is 14.5. The molecule has 42 heavy (non-hydrogen) atoms. The quantitative estimate of drug-likeness (QED) is 0.347. The third-order valence-corrected chi connectivity index (χ3v) is 10.8. The second kappa shape index (κ2) is 9.73. The highest BCUT2D eigenvalue weighted by atomic mass is 16.4. The van der Waals surface area contributed by atoms with Gasteiger partial charge in [0.1, 0.15) is 17.8 Å². The lowest BCUT2D eigenvalue weighted by Crippen LogP contribution is -2.79. The van der Waals surface area contributed by atoms with Crippen LogP contribution in [0.1, 0.15) is 80.9 Å². The van der Waals surface area contributed by atoms with Gasteiger partial charge in [-0.05, 0) is 65.7 Å². The average Bonchev–Trinajstić information content (AvgIpc) is 2.86. The van der Waals surface area contributed by atoms with Crippen LogP contribution in [-0.4, -0.2) is 55.7 Å². The van der Waals surface area contributed by atoms with E-state index in [0.717, 1.165) is 16.7 Å². The van der Waals surface area contributed by atoms with Crippen molar-refractivity contribution in [2.75, 3.05) is 0 Å². The second-order valence-electron chi connectivity index (χ2n) is 14.2. The van der Waals surface area contributed by atoms with E-state index >= 15 is 0 Å². The molecular weight excluding hydrogens is 534 g/mol. The number of phenols is 1. The van der Waals surface area contributed by atoms with Crippen molar-refractivity contribution in [1.29, 1.82) is 0 Å². The lowest BCUT2D eigenvalue weighted by atomic mass is 9.39. The van der Waals surface area contributed by atoms with E-state index in [4.69, 9.17) is 5.73 Å². The molecule has 2 unspecified atom stereocenters. The molecule has 8 heteroatoms. The van der Waals surface area contributed by atoms with Crippen molar-refractivity contribution in [2.45, 2.75) is 85.0 Å². The minimum atomic E-state index is -2.52. The molecular formula is C34H43NO7. The predicted octanol–water partition coefficient (Wildman–Crippen LogP) is 3.67. The smallest absolute Gasteiger partial charge is 0.230 e. The molecule has 2 aromatic carbocycles. The number of hydrogen-bond donors (Lipinski definition) is 5. The number of aliphatic hydroxyl groups excluding tert-OH is 2. The molecule has 0 aliphatic heterocycles. The highest BCUT2D eigenvalue weighted by Gasteiger charge is 2.76. The van der Waals surface area contributed by atoms with Crippen LogP contribution in [0.5, 0.6) is 5.75 Å². The molecule has 3 aliphatic rings. The molecule has 5 rings (SSSR count). The van der Waals surface area contributed by atoms with Gasteiger partial charge in [-0.15, -0.1) is 0 Å². The summed E-state index contributed by atoms with van der Waals surface area (Å²) in [5, 5.41) is 47.3. The zero-order chi connectivity index (χ0) is 31.3. The van der Waals surface area contributed by atoms with Crippen LogP contribution in [0.2, 0.25) is 0 Å². The van der Waals surface area contributed by atoms with Crippen molar-refractivity contribution in [1.82, 2.24) is 0 Å². The molecule has 0 aromatic heterocycles. The summed E-state index contributed by atoms with van der Waals surface area (Å²) in [7, 11) is 0. The number of aromatic hydroxyl groups is 1. The Morgan fingerprint density at radius 2 is 1.64 bits per heavy atom. The molecule has 3 aliphatic carbocycles. The van der Waals surface area contributed by atoms with Gasteiger partial charge in [0.15, 0.2) is 17.2 Å². The number of primary amides is 1. The minimum Gasteiger partial charge on any atom is -0.507 e. The van der Waals surface area contributed by atoms with Gasteiger partial charge in [0.25, 0.3) is 0 Å². The molecule has 2 aromatic rings. The number of carbonyl (C=O) groups excluding carboxylic acids is 3. The number of ketones is 2. The second-order valence-corrected chi connectivity index (χ2v) is 14.2. The van der Waals surface area contributed by atoms with Crippen LogP contribution in [0.4, 0.5) is 0 Å². The standard InChI is InChI=1S/C34H43NO7/c1-15(2)19-12-20(18-10-8-17(5)9-11-18)26(36)22-21(19)13-32(6)14-33(7)24(16(3)4)28(38)23(31(35)41)29(39)34(33,42)30(40)25(32)27(22)37/h8-12,15-16,23-25,28,30,36,38,40,42H,13-14H2,1-7H3,(H2,35,41)/t23-,24+,25-,28?,30?,32-,33-,34+/m1/s1. The minimum absolute atomic E-state index is 0.00958. The Balaban J connectivity index is 1.75. The number of nitrogens with two attached hydrogens (primary N) is 1. The first-order valence-electron chi connectivity index (χ1n) is 14.8. The van der Waals surface area contributed by atoms with Gasteiger partial charge in [-0.3, -0.25) is 14.4 Å². The monoisotopic (exact) mass is 577 g/mol. The maximum absolute atomic E-state index is 14.5. The van der Waals surface area contributed by atoms with Gasteiger partial charge in [-0.1, -0.05) is 71.4 Å². The number of hydrogen-bond acceptors (Lipinski definition) is 7. The first kappa shape index (κ1) is 30.4. The molecule has 226 valence electrons. The Kier molecular flexibility index (Phi) is 7.04. The number of fused-ring (bicyclic) bond motifs is 3. The molecule has 0 heterocycles.